The topological polar surface area (TPSA) is 55.8 Å². The Balaban J connectivity index is 1.91. The highest BCUT2D eigenvalue weighted by molar-refractivity contribution is 7.91. The van der Waals surface area contributed by atoms with Gasteiger partial charge in [0.2, 0.25) is 0 Å². The summed E-state index contributed by atoms with van der Waals surface area (Å²) < 4.78 is 38.4. The number of thiophene rings is 1. The molecule has 1 aromatic heterocycles. The lowest BCUT2D eigenvalue weighted by atomic mass is 10.0. The summed E-state index contributed by atoms with van der Waals surface area (Å²) in [6.45, 7) is 2.86. The fourth-order valence-electron chi connectivity index (χ4n) is 2.88. The van der Waals surface area contributed by atoms with Crippen LogP contribution in [0.25, 0.3) is 0 Å². The fraction of sp³-hybridized carbons (Fsp3) is 0.412. The first-order valence-electron chi connectivity index (χ1n) is 7.82. The predicted octanol–water partition coefficient (Wildman–Crippen LogP) is 3.07. The van der Waals surface area contributed by atoms with E-state index in [1.807, 2.05) is 25.1 Å². The number of sulfonamides is 1. The molecule has 0 bridgehead atoms. The van der Waals surface area contributed by atoms with Crippen LogP contribution >= 0.6 is 11.3 Å². The van der Waals surface area contributed by atoms with E-state index in [-0.39, 0.29) is 0 Å². The second-order valence-electron chi connectivity index (χ2n) is 5.64. The van der Waals surface area contributed by atoms with Crippen LogP contribution in [-0.2, 0) is 29.4 Å². The third kappa shape index (κ3) is 3.03. The van der Waals surface area contributed by atoms with Crippen LogP contribution in [0.2, 0.25) is 0 Å². The molecule has 0 amide bonds. The van der Waals surface area contributed by atoms with Crippen LogP contribution in [0.4, 0.5) is 0 Å². The van der Waals surface area contributed by atoms with Gasteiger partial charge in [-0.1, -0.05) is 6.92 Å². The van der Waals surface area contributed by atoms with E-state index in [2.05, 4.69) is 0 Å². The first-order valence-corrected chi connectivity index (χ1v) is 10.1. The molecule has 0 spiro atoms. The van der Waals surface area contributed by atoms with Crippen LogP contribution in [0.1, 0.15) is 22.9 Å². The zero-order chi connectivity index (χ0) is 17.3. The molecule has 3 rings (SSSR count). The van der Waals surface area contributed by atoms with Crippen LogP contribution < -0.4 is 9.47 Å². The van der Waals surface area contributed by atoms with E-state index in [9.17, 15) is 8.42 Å². The standard InChI is InChI=1S/C17H21NO4S2/c1-4-14-5-6-17(23-14)24(19,20)18-8-7-12-9-15(21-2)16(22-3)10-13(12)11-18/h5-6,9-10H,4,7-8,11H2,1-3H3. The third-order valence-electron chi connectivity index (χ3n) is 4.26. The van der Waals surface area contributed by atoms with Gasteiger partial charge >= 0.3 is 0 Å². The van der Waals surface area contributed by atoms with Gasteiger partial charge in [0.1, 0.15) is 4.21 Å². The number of methoxy groups -OCH3 is 2. The number of nitrogens with zero attached hydrogens (tertiary/aromatic N) is 1. The molecule has 0 fully saturated rings. The molecule has 2 heterocycles. The Morgan fingerprint density at radius 1 is 1.12 bits per heavy atom. The molecule has 0 saturated carbocycles. The number of rotatable bonds is 5. The van der Waals surface area contributed by atoms with Crippen LogP contribution in [0.5, 0.6) is 11.5 Å². The van der Waals surface area contributed by atoms with Crippen LogP contribution in [0, 0.1) is 0 Å². The van der Waals surface area contributed by atoms with Gasteiger partial charge in [-0.2, -0.15) is 4.31 Å². The largest absolute Gasteiger partial charge is 0.493 e. The summed E-state index contributed by atoms with van der Waals surface area (Å²) in [5.74, 6) is 1.30. The summed E-state index contributed by atoms with van der Waals surface area (Å²) in [6.07, 6.45) is 1.51. The van der Waals surface area contributed by atoms with Gasteiger partial charge in [0.25, 0.3) is 10.0 Å². The molecule has 130 valence electrons. The van der Waals surface area contributed by atoms with Crippen LogP contribution in [0.15, 0.2) is 28.5 Å². The smallest absolute Gasteiger partial charge is 0.252 e. The molecule has 1 aromatic carbocycles. The summed E-state index contributed by atoms with van der Waals surface area (Å²) in [4.78, 5) is 1.08. The fourth-order valence-corrected chi connectivity index (χ4v) is 5.75. The van der Waals surface area contributed by atoms with E-state index >= 15 is 0 Å². The summed E-state index contributed by atoms with van der Waals surface area (Å²) in [5, 5.41) is 0. The highest BCUT2D eigenvalue weighted by Gasteiger charge is 2.30. The number of benzene rings is 1. The second kappa shape index (κ2) is 6.74. The van der Waals surface area contributed by atoms with Crippen molar-refractivity contribution in [1.82, 2.24) is 4.31 Å². The molecule has 7 heteroatoms. The Morgan fingerprint density at radius 2 is 1.79 bits per heavy atom. The molecule has 0 atom stereocenters. The maximum atomic E-state index is 12.9. The first-order chi connectivity index (χ1) is 11.5. The van der Waals surface area contributed by atoms with Crippen molar-refractivity contribution in [3.8, 4) is 11.5 Å². The normalized spacial score (nSPS) is 15.1. The van der Waals surface area contributed by atoms with E-state index in [4.69, 9.17) is 9.47 Å². The summed E-state index contributed by atoms with van der Waals surface area (Å²) in [6, 6.07) is 7.42. The minimum Gasteiger partial charge on any atom is -0.493 e. The monoisotopic (exact) mass is 367 g/mol. The number of hydrogen-bond acceptors (Lipinski definition) is 5. The van der Waals surface area contributed by atoms with E-state index < -0.39 is 10.0 Å². The summed E-state index contributed by atoms with van der Waals surface area (Å²) >= 11 is 1.35. The predicted molar refractivity (Wildman–Crippen MR) is 94.5 cm³/mol. The molecule has 0 saturated heterocycles. The van der Waals surface area contributed by atoms with Gasteiger partial charge in [0.05, 0.1) is 14.2 Å². The molecule has 1 aliphatic rings. The lowest BCUT2D eigenvalue weighted by Crippen LogP contribution is -2.35. The second-order valence-corrected chi connectivity index (χ2v) is 8.97. The SMILES string of the molecule is CCc1ccc(S(=O)(=O)N2CCc3cc(OC)c(OC)cc3C2)s1. The van der Waals surface area contributed by atoms with Crippen LogP contribution in [0.3, 0.4) is 0 Å². The van der Waals surface area contributed by atoms with Crippen molar-refractivity contribution in [2.75, 3.05) is 20.8 Å². The van der Waals surface area contributed by atoms with Crippen molar-refractivity contribution in [3.05, 3.63) is 40.3 Å². The molecule has 24 heavy (non-hydrogen) atoms. The molecule has 0 unspecified atom stereocenters. The van der Waals surface area contributed by atoms with Crippen molar-refractivity contribution >= 4 is 21.4 Å². The average Bonchev–Trinajstić information content (AvgIpc) is 3.09. The van der Waals surface area contributed by atoms with Gasteiger partial charge in [0, 0.05) is 18.0 Å². The molecular formula is C17H21NO4S2. The van der Waals surface area contributed by atoms with Crippen molar-refractivity contribution in [3.63, 3.8) is 0 Å². The number of fused-ring (bicyclic) bond motifs is 1. The Labute approximate surface area is 146 Å². The number of ether oxygens (including phenoxy) is 2. The maximum Gasteiger partial charge on any atom is 0.252 e. The first kappa shape index (κ1) is 17.3. The van der Waals surface area contributed by atoms with Crippen LogP contribution in [-0.4, -0.2) is 33.5 Å². The summed E-state index contributed by atoms with van der Waals surface area (Å²) in [5.41, 5.74) is 2.08. The highest BCUT2D eigenvalue weighted by atomic mass is 32.2. The zero-order valence-electron chi connectivity index (χ0n) is 14.0. The van der Waals surface area contributed by atoms with Gasteiger partial charge in [-0.25, -0.2) is 8.42 Å². The quantitative estimate of drug-likeness (QED) is 0.815. The lowest BCUT2D eigenvalue weighted by Gasteiger charge is -2.28. The van der Waals surface area contributed by atoms with Crippen molar-refractivity contribution in [2.24, 2.45) is 0 Å². The number of hydrogen-bond donors (Lipinski definition) is 0. The molecule has 0 aliphatic carbocycles. The Bertz CT molecular complexity index is 842. The third-order valence-corrected chi connectivity index (χ3v) is 7.80. The molecule has 0 N–H and O–H groups in total. The summed E-state index contributed by atoms with van der Waals surface area (Å²) in [7, 11) is -0.264. The zero-order valence-corrected chi connectivity index (χ0v) is 15.7. The Hall–Kier alpha value is -1.57. The molecule has 5 nitrogen and oxygen atoms in total. The minimum atomic E-state index is -3.45. The van der Waals surface area contributed by atoms with Gasteiger partial charge < -0.3 is 9.47 Å². The van der Waals surface area contributed by atoms with E-state index in [1.54, 1.807) is 24.6 Å². The highest BCUT2D eigenvalue weighted by Crippen LogP contribution is 2.35. The van der Waals surface area contributed by atoms with Gasteiger partial charge in [-0.15, -0.1) is 11.3 Å². The molecular weight excluding hydrogens is 346 g/mol. The van der Waals surface area contributed by atoms with Gasteiger partial charge in [0.15, 0.2) is 11.5 Å². The number of aryl methyl sites for hydroxylation is 1. The van der Waals surface area contributed by atoms with Crippen molar-refractivity contribution in [1.29, 1.82) is 0 Å². The Morgan fingerprint density at radius 3 is 2.38 bits per heavy atom. The average molecular weight is 367 g/mol. The van der Waals surface area contributed by atoms with E-state index in [0.29, 0.717) is 35.2 Å². The van der Waals surface area contributed by atoms with E-state index in [0.717, 1.165) is 22.4 Å². The Kier molecular flexibility index (Phi) is 4.85. The molecule has 1 aliphatic heterocycles. The van der Waals surface area contributed by atoms with Crippen molar-refractivity contribution in [2.45, 2.75) is 30.5 Å². The van der Waals surface area contributed by atoms with E-state index in [1.165, 1.54) is 11.3 Å². The maximum absolute atomic E-state index is 12.9. The minimum absolute atomic E-state index is 0.359. The lowest BCUT2D eigenvalue weighted by molar-refractivity contribution is 0.348. The molecule has 0 radical (unpaired) electrons. The molecule has 2 aromatic rings. The van der Waals surface area contributed by atoms with Gasteiger partial charge in [-0.3, -0.25) is 0 Å². The van der Waals surface area contributed by atoms with Crippen molar-refractivity contribution < 1.29 is 17.9 Å². The van der Waals surface area contributed by atoms with Gasteiger partial charge in [-0.05, 0) is 48.2 Å².